The lowest BCUT2D eigenvalue weighted by Gasteiger charge is -2.19. The summed E-state index contributed by atoms with van der Waals surface area (Å²) in [5, 5.41) is 3.06. The van der Waals surface area contributed by atoms with Gasteiger partial charge in [0.25, 0.3) is 0 Å². The number of ether oxygens (including phenoxy) is 1. The van der Waals surface area contributed by atoms with Gasteiger partial charge in [0.05, 0.1) is 17.2 Å². The molecule has 0 aromatic carbocycles. The highest BCUT2D eigenvalue weighted by Gasteiger charge is 2.32. The fourth-order valence-corrected chi connectivity index (χ4v) is 2.52. The molecule has 1 aliphatic heterocycles. The van der Waals surface area contributed by atoms with Crippen LogP contribution >= 0.6 is 0 Å². The van der Waals surface area contributed by atoms with Crippen molar-refractivity contribution in [3.05, 3.63) is 41.7 Å². The number of halogens is 3. The predicted molar refractivity (Wildman–Crippen MR) is 83.8 cm³/mol. The lowest BCUT2D eigenvalue weighted by Crippen LogP contribution is -2.17. The Morgan fingerprint density at radius 3 is 2.75 bits per heavy atom. The number of alkyl halides is 3. The monoisotopic (exact) mass is 338 g/mol. The molecule has 0 saturated carbocycles. The van der Waals surface area contributed by atoms with Gasteiger partial charge in [-0.1, -0.05) is 6.08 Å². The zero-order valence-corrected chi connectivity index (χ0v) is 13.5. The Labute approximate surface area is 136 Å². The van der Waals surface area contributed by atoms with Gasteiger partial charge in [0.2, 0.25) is 0 Å². The highest BCUT2D eigenvalue weighted by molar-refractivity contribution is 5.82. The fraction of sp³-hybridized carbons (Fsp3) is 0.375. The van der Waals surface area contributed by atoms with E-state index in [0.717, 1.165) is 17.8 Å². The average Bonchev–Trinajstić information content (AvgIpc) is 2.83. The minimum absolute atomic E-state index is 0.0378. The summed E-state index contributed by atoms with van der Waals surface area (Å²) in [6.45, 7) is 4.39. The Hall–Kier alpha value is -2.51. The Balaban J connectivity index is 2.08. The lowest BCUT2D eigenvalue weighted by atomic mass is 10.1. The lowest BCUT2D eigenvalue weighted by molar-refractivity contribution is -0.137. The molecule has 1 N–H and O–H groups in total. The third-order valence-corrected chi connectivity index (χ3v) is 3.56. The molecule has 128 valence electrons. The highest BCUT2D eigenvalue weighted by atomic mass is 19.4. The summed E-state index contributed by atoms with van der Waals surface area (Å²) in [6.07, 6.45) is -0.0263. The van der Waals surface area contributed by atoms with Gasteiger partial charge < -0.3 is 14.6 Å². The molecule has 5 nitrogen and oxygen atoms in total. The van der Waals surface area contributed by atoms with E-state index in [1.807, 2.05) is 19.9 Å². The van der Waals surface area contributed by atoms with E-state index in [4.69, 9.17) is 4.74 Å². The molecule has 1 aliphatic rings. The van der Waals surface area contributed by atoms with E-state index in [9.17, 15) is 13.2 Å². The number of hydrogen-bond acceptors (Lipinski definition) is 4. The number of pyridine rings is 1. The van der Waals surface area contributed by atoms with E-state index < -0.39 is 11.7 Å². The van der Waals surface area contributed by atoms with Crippen molar-refractivity contribution >= 4 is 16.7 Å². The summed E-state index contributed by atoms with van der Waals surface area (Å²) in [7, 11) is 1.72. The average molecular weight is 338 g/mol. The second kappa shape index (κ2) is 5.85. The number of nitrogens with zero attached hydrogens (tertiary/aromatic N) is 3. The Morgan fingerprint density at radius 1 is 1.33 bits per heavy atom. The molecule has 0 fully saturated rings. The van der Waals surface area contributed by atoms with Gasteiger partial charge in [-0.05, 0) is 19.9 Å². The molecule has 0 atom stereocenters. The minimum Gasteiger partial charge on any atom is -0.489 e. The smallest absolute Gasteiger partial charge is 0.417 e. The fourth-order valence-electron chi connectivity index (χ4n) is 2.52. The van der Waals surface area contributed by atoms with Crippen molar-refractivity contribution < 1.29 is 17.9 Å². The van der Waals surface area contributed by atoms with Crippen molar-refractivity contribution in [2.24, 2.45) is 7.05 Å². The van der Waals surface area contributed by atoms with E-state index in [1.54, 1.807) is 17.8 Å². The number of aromatic nitrogens is 3. The van der Waals surface area contributed by atoms with Crippen LogP contribution in [-0.4, -0.2) is 27.2 Å². The van der Waals surface area contributed by atoms with Crippen molar-refractivity contribution in [2.75, 3.05) is 6.54 Å². The second-order valence-electron chi connectivity index (χ2n) is 5.76. The summed E-state index contributed by atoms with van der Waals surface area (Å²) >= 11 is 0. The van der Waals surface area contributed by atoms with Crippen LogP contribution in [0.1, 0.15) is 25.2 Å². The first kappa shape index (κ1) is 16.4. The first-order valence-corrected chi connectivity index (χ1v) is 7.48. The van der Waals surface area contributed by atoms with E-state index in [0.29, 0.717) is 23.8 Å². The maximum absolute atomic E-state index is 12.9. The van der Waals surface area contributed by atoms with Crippen LogP contribution < -0.4 is 5.32 Å². The van der Waals surface area contributed by atoms with Crippen LogP contribution in [-0.2, 0) is 18.0 Å². The number of imidazole rings is 1. The molecule has 2 aromatic rings. The van der Waals surface area contributed by atoms with Gasteiger partial charge in [0.1, 0.15) is 17.1 Å². The summed E-state index contributed by atoms with van der Waals surface area (Å²) in [5.41, 5.74) is 0.511. The summed E-state index contributed by atoms with van der Waals surface area (Å²) < 4.78 is 46.0. The third-order valence-electron chi connectivity index (χ3n) is 3.56. The Morgan fingerprint density at radius 2 is 2.08 bits per heavy atom. The predicted octanol–water partition coefficient (Wildman–Crippen LogP) is 3.24. The van der Waals surface area contributed by atoms with Crippen LogP contribution in [0, 0.1) is 0 Å². The molecule has 2 aromatic heterocycles. The number of nitrogens with one attached hydrogen (secondary N) is 1. The van der Waals surface area contributed by atoms with Crippen LogP contribution in [0.25, 0.3) is 16.7 Å². The second-order valence-corrected chi connectivity index (χ2v) is 5.76. The van der Waals surface area contributed by atoms with Gasteiger partial charge in [0, 0.05) is 26.0 Å². The topological polar surface area (TPSA) is 52.0 Å². The first-order chi connectivity index (χ1) is 11.3. The summed E-state index contributed by atoms with van der Waals surface area (Å²) in [5.74, 6) is 1.12. The number of aryl methyl sites for hydroxylation is 1. The Bertz CT molecular complexity index is 834. The summed E-state index contributed by atoms with van der Waals surface area (Å²) in [4.78, 5) is 8.28. The molecule has 0 radical (unpaired) electrons. The quantitative estimate of drug-likeness (QED) is 0.933. The van der Waals surface area contributed by atoms with Crippen molar-refractivity contribution in [3.63, 3.8) is 0 Å². The largest absolute Gasteiger partial charge is 0.489 e. The summed E-state index contributed by atoms with van der Waals surface area (Å²) in [6, 6.07) is 1.01. The standard InChI is InChI=1S/C16H17F3N4O/c1-9(2)24-13-8-20-5-4-11(13)14-22-12-6-10(16(17,18)19)7-21-15(12)23(14)3/h4,6-9,20H,5H2,1-3H3. The number of dihydropyridines is 1. The molecule has 8 heteroatoms. The molecule has 3 rings (SSSR count). The molecule has 3 heterocycles. The minimum atomic E-state index is -4.45. The number of rotatable bonds is 3. The first-order valence-electron chi connectivity index (χ1n) is 7.48. The van der Waals surface area contributed by atoms with Gasteiger partial charge in [0.15, 0.2) is 5.65 Å². The van der Waals surface area contributed by atoms with Crippen molar-refractivity contribution in [1.82, 2.24) is 19.9 Å². The van der Waals surface area contributed by atoms with E-state index in [2.05, 4.69) is 15.3 Å². The zero-order valence-electron chi connectivity index (χ0n) is 13.5. The normalized spacial score (nSPS) is 15.3. The molecule has 0 saturated heterocycles. The Kier molecular flexibility index (Phi) is 3.98. The van der Waals surface area contributed by atoms with Crippen LogP contribution in [0.2, 0.25) is 0 Å². The maximum Gasteiger partial charge on any atom is 0.417 e. The third kappa shape index (κ3) is 2.95. The molecular formula is C16H17F3N4O. The molecule has 0 amide bonds. The van der Waals surface area contributed by atoms with Gasteiger partial charge >= 0.3 is 6.18 Å². The van der Waals surface area contributed by atoms with Crippen molar-refractivity contribution in [2.45, 2.75) is 26.1 Å². The SMILES string of the molecule is CC(C)OC1=CNCC=C1c1nc2cc(C(F)(F)F)cnc2n1C. The van der Waals surface area contributed by atoms with E-state index >= 15 is 0 Å². The van der Waals surface area contributed by atoms with Gasteiger partial charge in [-0.3, -0.25) is 0 Å². The van der Waals surface area contributed by atoms with Gasteiger partial charge in [-0.2, -0.15) is 13.2 Å². The van der Waals surface area contributed by atoms with Crippen molar-refractivity contribution in [1.29, 1.82) is 0 Å². The van der Waals surface area contributed by atoms with Crippen LogP contribution in [0.15, 0.2) is 30.3 Å². The van der Waals surface area contributed by atoms with Crippen LogP contribution in [0.4, 0.5) is 13.2 Å². The number of hydrogen-bond donors (Lipinski definition) is 1. The molecule has 0 aliphatic carbocycles. The van der Waals surface area contributed by atoms with E-state index in [1.165, 1.54) is 0 Å². The number of fused-ring (bicyclic) bond motifs is 1. The van der Waals surface area contributed by atoms with Gasteiger partial charge in [-0.25, -0.2) is 9.97 Å². The van der Waals surface area contributed by atoms with Gasteiger partial charge in [-0.15, -0.1) is 0 Å². The molecule has 0 bridgehead atoms. The molecule has 24 heavy (non-hydrogen) atoms. The van der Waals surface area contributed by atoms with E-state index in [-0.39, 0.29) is 11.6 Å². The molecule has 0 unspecified atom stereocenters. The van der Waals surface area contributed by atoms with Crippen LogP contribution in [0.3, 0.4) is 0 Å². The van der Waals surface area contributed by atoms with Crippen LogP contribution in [0.5, 0.6) is 0 Å². The maximum atomic E-state index is 12.9. The molecular weight excluding hydrogens is 321 g/mol. The highest BCUT2D eigenvalue weighted by Crippen LogP contribution is 2.32. The number of allylic oxidation sites excluding steroid dienone is 1. The zero-order chi connectivity index (χ0) is 17.5. The van der Waals surface area contributed by atoms with Crippen molar-refractivity contribution in [3.8, 4) is 0 Å². The molecule has 0 spiro atoms.